The van der Waals surface area contributed by atoms with Crippen molar-refractivity contribution in [2.24, 2.45) is 0 Å². The molecule has 5 heteroatoms. The van der Waals surface area contributed by atoms with Crippen molar-refractivity contribution in [1.29, 1.82) is 0 Å². The van der Waals surface area contributed by atoms with Crippen molar-refractivity contribution in [2.45, 2.75) is 26.3 Å². The average molecular weight is 258 g/mol. The first-order valence-corrected chi connectivity index (χ1v) is 6.29. The molecule has 0 fully saturated rings. The van der Waals surface area contributed by atoms with Crippen molar-refractivity contribution in [3.05, 3.63) is 42.2 Å². The molecule has 1 aromatic heterocycles. The summed E-state index contributed by atoms with van der Waals surface area (Å²) in [6, 6.07) is 7.37. The molecule has 0 bridgehead atoms. The van der Waals surface area contributed by atoms with Crippen LogP contribution in [0, 0.1) is 0 Å². The lowest BCUT2D eigenvalue weighted by Gasteiger charge is -2.11. The van der Waals surface area contributed by atoms with Gasteiger partial charge in [-0.2, -0.15) is 5.10 Å². The molecule has 3 N–H and O–H groups in total. The standard InChI is InChI=1S/C14H18N4O/c1-3-18-9-13(8-16-18)17-14(19)10(2)11-5-4-6-12(15)7-11/h4-10H,3,15H2,1-2H3,(H,17,19). The molecule has 5 nitrogen and oxygen atoms in total. The first-order valence-electron chi connectivity index (χ1n) is 6.29. The van der Waals surface area contributed by atoms with Gasteiger partial charge < -0.3 is 11.1 Å². The van der Waals surface area contributed by atoms with Crippen LogP contribution in [0.5, 0.6) is 0 Å². The summed E-state index contributed by atoms with van der Waals surface area (Å²) in [6.45, 7) is 4.63. The Morgan fingerprint density at radius 2 is 2.32 bits per heavy atom. The maximum absolute atomic E-state index is 12.1. The van der Waals surface area contributed by atoms with E-state index in [9.17, 15) is 4.79 Å². The number of benzene rings is 1. The highest BCUT2D eigenvalue weighted by Crippen LogP contribution is 2.19. The highest BCUT2D eigenvalue weighted by Gasteiger charge is 2.16. The van der Waals surface area contributed by atoms with Crippen molar-refractivity contribution in [3.8, 4) is 0 Å². The molecule has 1 unspecified atom stereocenters. The van der Waals surface area contributed by atoms with Crippen molar-refractivity contribution < 1.29 is 4.79 Å². The minimum atomic E-state index is -0.256. The lowest BCUT2D eigenvalue weighted by molar-refractivity contribution is -0.117. The van der Waals surface area contributed by atoms with Crippen LogP contribution in [0.2, 0.25) is 0 Å². The Bertz CT molecular complexity index is 576. The fourth-order valence-electron chi connectivity index (χ4n) is 1.83. The third kappa shape index (κ3) is 3.13. The van der Waals surface area contributed by atoms with Crippen molar-refractivity contribution >= 4 is 17.3 Å². The second kappa shape index (κ2) is 5.56. The molecular weight excluding hydrogens is 240 g/mol. The van der Waals surface area contributed by atoms with E-state index in [4.69, 9.17) is 5.73 Å². The van der Waals surface area contributed by atoms with Crippen molar-refractivity contribution in [2.75, 3.05) is 11.1 Å². The monoisotopic (exact) mass is 258 g/mol. The first-order chi connectivity index (χ1) is 9.10. The van der Waals surface area contributed by atoms with Gasteiger partial charge in [0.2, 0.25) is 5.91 Å². The van der Waals surface area contributed by atoms with Crippen LogP contribution in [0.15, 0.2) is 36.7 Å². The molecule has 0 radical (unpaired) electrons. The molecule has 1 atom stereocenters. The molecule has 100 valence electrons. The normalized spacial score (nSPS) is 12.1. The van der Waals surface area contributed by atoms with E-state index in [1.165, 1.54) is 0 Å². The minimum Gasteiger partial charge on any atom is -0.399 e. The number of nitrogens with zero attached hydrogens (tertiary/aromatic N) is 2. The summed E-state index contributed by atoms with van der Waals surface area (Å²) >= 11 is 0. The summed E-state index contributed by atoms with van der Waals surface area (Å²) in [5.41, 5.74) is 8.00. The Kier molecular flexibility index (Phi) is 3.85. The lowest BCUT2D eigenvalue weighted by atomic mass is 10.00. The van der Waals surface area contributed by atoms with Gasteiger partial charge >= 0.3 is 0 Å². The molecule has 1 amide bonds. The number of hydrogen-bond donors (Lipinski definition) is 2. The van der Waals surface area contributed by atoms with Gasteiger partial charge in [0.05, 0.1) is 17.8 Å². The SMILES string of the molecule is CCn1cc(NC(=O)C(C)c2cccc(N)c2)cn1. The number of nitrogen functional groups attached to an aromatic ring is 1. The zero-order valence-corrected chi connectivity index (χ0v) is 11.1. The van der Waals surface area contributed by atoms with Crippen LogP contribution in [0.4, 0.5) is 11.4 Å². The van der Waals surface area contributed by atoms with Gasteiger partial charge in [0.1, 0.15) is 0 Å². The van der Waals surface area contributed by atoms with E-state index in [1.54, 1.807) is 16.9 Å². The lowest BCUT2D eigenvalue weighted by Crippen LogP contribution is -2.18. The molecule has 1 heterocycles. The van der Waals surface area contributed by atoms with E-state index < -0.39 is 0 Å². The maximum Gasteiger partial charge on any atom is 0.231 e. The smallest absolute Gasteiger partial charge is 0.231 e. The van der Waals surface area contributed by atoms with Crippen molar-refractivity contribution in [1.82, 2.24) is 9.78 Å². The molecule has 0 aliphatic carbocycles. The van der Waals surface area contributed by atoms with E-state index in [2.05, 4.69) is 10.4 Å². The molecule has 0 spiro atoms. The molecule has 2 rings (SSSR count). The molecule has 2 aromatic rings. The van der Waals surface area contributed by atoms with Gasteiger partial charge in [-0.15, -0.1) is 0 Å². The van der Waals surface area contributed by atoms with Crippen LogP contribution in [0.1, 0.15) is 25.3 Å². The van der Waals surface area contributed by atoms with Crippen LogP contribution in [0.25, 0.3) is 0 Å². The zero-order chi connectivity index (χ0) is 13.8. The number of carbonyl (C=O) groups is 1. The number of rotatable bonds is 4. The van der Waals surface area contributed by atoms with Crippen LogP contribution >= 0.6 is 0 Å². The summed E-state index contributed by atoms with van der Waals surface area (Å²) in [7, 11) is 0. The predicted molar refractivity (Wildman–Crippen MR) is 75.8 cm³/mol. The van der Waals surface area contributed by atoms with Gasteiger partial charge in [-0.3, -0.25) is 9.48 Å². The molecule has 19 heavy (non-hydrogen) atoms. The number of hydrogen-bond acceptors (Lipinski definition) is 3. The van der Waals surface area contributed by atoms with Crippen LogP contribution in [-0.2, 0) is 11.3 Å². The van der Waals surface area contributed by atoms with Crippen LogP contribution in [0.3, 0.4) is 0 Å². The Hall–Kier alpha value is -2.30. The van der Waals surface area contributed by atoms with E-state index in [0.29, 0.717) is 11.4 Å². The number of aryl methyl sites for hydroxylation is 1. The summed E-state index contributed by atoms with van der Waals surface area (Å²) in [5, 5.41) is 6.97. The number of anilines is 2. The fraction of sp³-hybridized carbons (Fsp3) is 0.286. The highest BCUT2D eigenvalue weighted by molar-refractivity contribution is 5.95. The predicted octanol–water partition coefficient (Wildman–Crippen LogP) is 2.23. The number of nitrogens with one attached hydrogen (secondary N) is 1. The van der Waals surface area contributed by atoms with Gasteiger partial charge in [0, 0.05) is 18.4 Å². The van der Waals surface area contributed by atoms with Crippen LogP contribution < -0.4 is 11.1 Å². The average Bonchev–Trinajstić information content (AvgIpc) is 2.85. The molecule has 0 aliphatic rings. The third-order valence-electron chi connectivity index (χ3n) is 3.03. The van der Waals surface area contributed by atoms with Gasteiger partial charge in [0.15, 0.2) is 0 Å². The van der Waals surface area contributed by atoms with Gasteiger partial charge in [0.25, 0.3) is 0 Å². The Balaban J connectivity index is 2.07. The van der Waals surface area contributed by atoms with Crippen LogP contribution in [-0.4, -0.2) is 15.7 Å². The third-order valence-corrected chi connectivity index (χ3v) is 3.03. The topological polar surface area (TPSA) is 72.9 Å². The first kappa shape index (κ1) is 13.1. The van der Waals surface area contributed by atoms with Gasteiger partial charge in [-0.1, -0.05) is 12.1 Å². The number of amides is 1. The Labute approximate surface area is 112 Å². The zero-order valence-electron chi connectivity index (χ0n) is 11.1. The van der Waals surface area contributed by atoms with Gasteiger partial charge in [-0.05, 0) is 31.5 Å². The Morgan fingerprint density at radius 3 is 2.95 bits per heavy atom. The van der Waals surface area contributed by atoms with E-state index in [-0.39, 0.29) is 11.8 Å². The maximum atomic E-state index is 12.1. The van der Waals surface area contributed by atoms with Gasteiger partial charge in [-0.25, -0.2) is 0 Å². The number of carbonyl (C=O) groups excluding carboxylic acids is 1. The number of aromatic nitrogens is 2. The minimum absolute atomic E-state index is 0.0683. The number of nitrogens with two attached hydrogens (primary N) is 1. The largest absolute Gasteiger partial charge is 0.399 e. The molecule has 1 aromatic carbocycles. The van der Waals surface area contributed by atoms with E-state index in [1.807, 2.05) is 38.2 Å². The summed E-state index contributed by atoms with van der Waals surface area (Å²) < 4.78 is 1.76. The Morgan fingerprint density at radius 1 is 1.53 bits per heavy atom. The quantitative estimate of drug-likeness (QED) is 0.826. The summed E-state index contributed by atoms with van der Waals surface area (Å²) in [6.07, 6.45) is 3.46. The second-order valence-electron chi connectivity index (χ2n) is 4.47. The molecule has 0 saturated heterocycles. The van der Waals surface area contributed by atoms with Crippen molar-refractivity contribution in [3.63, 3.8) is 0 Å². The van der Waals surface area contributed by atoms with E-state index in [0.717, 1.165) is 12.1 Å². The highest BCUT2D eigenvalue weighted by atomic mass is 16.1. The summed E-state index contributed by atoms with van der Waals surface area (Å²) in [5.74, 6) is -0.324. The molecule has 0 saturated carbocycles. The summed E-state index contributed by atoms with van der Waals surface area (Å²) in [4.78, 5) is 12.1. The second-order valence-corrected chi connectivity index (χ2v) is 4.47. The fourth-order valence-corrected chi connectivity index (χ4v) is 1.83. The van der Waals surface area contributed by atoms with E-state index >= 15 is 0 Å². The molecule has 0 aliphatic heterocycles. The molecular formula is C14H18N4O.